The fraction of sp³-hybridized carbons (Fsp3) is 0.357. The number of nitrogens with zero attached hydrogens (tertiary/aromatic N) is 1. The molecule has 0 fully saturated rings. The van der Waals surface area contributed by atoms with Gasteiger partial charge in [-0.1, -0.05) is 26.0 Å². The van der Waals surface area contributed by atoms with Crippen molar-refractivity contribution in [1.29, 1.82) is 0 Å². The highest BCUT2D eigenvalue weighted by Crippen LogP contribution is 2.22. The maximum atomic E-state index is 5.48. The minimum absolute atomic E-state index is 0.543. The number of hydrogen-bond donors (Lipinski definition) is 1. The van der Waals surface area contributed by atoms with Crippen LogP contribution in [0.1, 0.15) is 31.0 Å². The van der Waals surface area contributed by atoms with E-state index in [1.54, 1.807) is 6.26 Å². The highest BCUT2D eigenvalue weighted by molar-refractivity contribution is 5.53. The molecule has 0 saturated heterocycles. The third-order valence-electron chi connectivity index (χ3n) is 2.78. The molecule has 0 aliphatic heterocycles. The second-order valence-electron chi connectivity index (χ2n) is 4.46. The quantitative estimate of drug-likeness (QED) is 0.878. The SMILES string of the molecule is CC(C)c1ccc(-c2nc(CCN)co2)cc1. The number of benzene rings is 1. The minimum atomic E-state index is 0.543. The molecule has 0 atom stereocenters. The Labute approximate surface area is 102 Å². The zero-order valence-corrected chi connectivity index (χ0v) is 10.3. The van der Waals surface area contributed by atoms with Crippen LogP contribution in [-0.2, 0) is 6.42 Å². The molecule has 0 saturated carbocycles. The summed E-state index contributed by atoms with van der Waals surface area (Å²) in [5.74, 6) is 1.21. The first kappa shape index (κ1) is 11.9. The molecule has 3 nitrogen and oxygen atoms in total. The molecule has 3 heteroatoms. The Kier molecular flexibility index (Phi) is 3.59. The summed E-state index contributed by atoms with van der Waals surface area (Å²) in [5.41, 5.74) is 8.73. The van der Waals surface area contributed by atoms with Crippen LogP contribution < -0.4 is 5.73 Å². The van der Waals surface area contributed by atoms with Gasteiger partial charge in [0.05, 0.1) is 5.69 Å². The van der Waals surface area contributed by atoms with Crippen molar-refractivity contribution in [3.63, 3.8) is 0 Å². The molecule has 2 rings (SSSR count). The predicted molar refractivity (Wildman–Crippen MR) is 68.8 cm³/mol. The molecule has 0 bridgehead atoms. The van der Waals surface area contributed by atoms with Crippen LogP contribution in [0.2, 0.25) is 0 Å². The second-order valence-corrected chi connectivity index (χ2v) is 4.46. The fourth-order valence-corrected chi connectivity index (χ4v) is 1.71. The van der Waals surface area contributed by atoms with Crippen molar-refractivity contribution in [2.24, 2.45) is 5.73 Å². The van der Waals surface area contributed by atoms with Gasteiger partial charge in [-0.3, -0.25) is 0 Å². The van der Waals surface area contributed by atoms with E-state index < -0.39 is 0 Å². The molecule has 90 valence electrons. The van der Waals surface area contributed by atoms with Gasteiger partial charge in [-0.05, 0) is 30.2 Å². The molecule has 1 heterocycles. The molecule has 0 unspecified atom stereocenters. The molecule has 2 aromatic rings. The Morgan fingerprint density at radius 1 is 1.24 bits per heavy atom. The summed E-state index contributed by atoms with van der Waals surface area (Å²) in [6, 6.07) is 8.33. The fourth-order valence-electron chi connectivity index (χ4n) is 1.71. The van der Waals surface area contributed by atoms with Crippen molar-refractivity contribution >= 4 is 0 Å². The molecular weight excluding hydrogens is 212 g/mol. The van der Waals surface area contributed by atoms with E-state index in [-0.39, 0.29) is 0 Å². The molecule has 0 amide bonds. The molecule has 1 aromatic heterocycles. The summed E-state index contributed by atoms with van der Waals surface area (Å²) in [4.78, 5) is 4.40. The Bertz CT molecular complexity index is 471. The smallest absolute Gasteiger partial charge is 0.226 e. The molecule has 0 aliphatic rings. The van der Waals surface area contributed by atoms with Crippen LogP contribution in [0.4, 0.5) is 0 Å². The van der Waals surface area contributed by atoms with E-state index in [9.17, 15) is 0 Å². The topological polar surface area (TPSA) is 52.0 Å². The van der Waals surface area contributed by atoms with E-state index in [0.29, 0.717) is 18.4 Å². The van der Waals surface area contributed by atoms with Gasteiger partial charge in [-0.25, -0.2) is 4.98 Å². The molecule has 17 heavy (non-hydrogen) atoms. The van der Waals surface area contributed by atoms with Crippen molar-refractivity contribution in [3.05, 3.63) is 41.8 Å². The van der Waals surface area contributed by atoms with Crippen LogP contribution in [0.25, 0.3) is 11.5 Å². The average Bonchev–Trinajstić information content (AvgIpc) is 2.78. The van der Waals surface area contributed by atoms with Crippen molar-refractivity contribution in [3.8, 4) is 11.5 Å². The van der Waals surface area contributed by atoms with Crippen molar-refractivity contribution in [1.82, 2.24) is 4.98 Å². The molecular formula is C14H18N2O. The first-order chi connectivity index (χ1) is 8.20. The molecule has 0 spiro atoms. The van der Waals surface area contributed by atoms with E-state index in [2.05, 4.69) is 31.0 Å². The van der Waals surface area contributed by atoms with Gasteiger partial charge in [0, 0.05) is 12.0 Å². The summed E-state index contributed by atoms with van der Waals surface area (Å²) in [6.07, 6.45) is 2.44. The average molecular weight is 230 g/mol. The van der Waals surface area contributed by atoms with Crippen LogP contribution >= 0.6 is 0 Å². The van der Waals surface area contributed by atoms with Gasteiger partial charge in [0.25, 0.3) is 0 Å². The normalized spacial score (nSPS) is 11.1. The van der Waals surface area contributed by atoms with Gasteiger partial charge in [0.1, 0.15) is 6.26 Å². The predicted octanol–water partition coefficient (Wildman–Crippen LogP) is 2.97. The number of nitrogens with two attached hydrogens (primary N) is 1. The third kappa shape index (κ3) is 2.74. The van der Waals surface area contributed by atoms with Gasteiger partial charge in [0.15, 0.2) is 0 Å². The number of oxazole rings is 1. The third-order valence-corrected chi connectivity index (χ3v) is 2.78. The summed E-state index contributed by atoms with van der Waals surface area (Å²) in [5, 5.41) is 0. The van der Waals surface area contributed by atoms with Crippen molar-refractivity contribution in [2.45, 2.75) is 26.2 Å². The van der Waals surface area contributed by atoms with E-state index >= 15 is 0 Å². The van der Waals surface area contributed by atoms with E-state index in [1.165, 1.54) is 5.56 Å². The van der Waals surface area contributed by atoms with Crippen molar-refractivity contribution in [2.75, 3.05) is 6.54 Å². The Morgan fingerprint density at radius 2 is 1.94 bits per heavy atom. The standard InChI is InChI=1S/C14H18N2O/c1-10(2)11-3-5-12(6-4-11)14-16-13(7-8-15)9-17-14/h3-6,9-10H,7-8,15H2,1-2H3. The van der Waals surface area contributed by atoms with E-state index in [4.69, 9.17) is 10.2 Å². The van der Waals surface area contributed by atoms with Gasteiger partial charge in [0.2, 0.25) is 5.89 Å². The Balaban J connectivity index is 2.21. The van der Waals surface area contributed by atoms with Gasteiger partial charge in [-0.2, -0.15) is 0 Å². The van der Waals surface area contributed by atoms with Crippen LogP contribution in [-0.4, -0.2) is 11.5 Å². The molecule has 0 radical (unpaired) electrons. The lowest BCUT2D eigenvalue weighted by atomic mass is 10.0. The van der Waals surface area contributed by atoms with Crippen LogP contribution in [0.3, 0.4) is 0 Å². The maximum absolute atomic E-state index is 5.48. The van der Waals surface area contributed by atoms with Crippen LogP contribution in [0.15, 0.2) is 34.9 Å². The number of hydrogen-bond acceptors (Lipinski definition) is 3. The van der Waals surface area contributed by atoms with Gasteiger partial charge < -0.3 is 10.2 Å². The Hall–Kier alpha value is -1.61. The summed E-state index contributed by atoms with van der Waals surface area (Å²) < 4.78 is 5.44. The van der Waals surface area contributed by atoms with E-state index in [1.807, 2.05) is 12.1 Å². The second kappa shape index (κ2) is 5.15. The first-order valence-corrected chi connectivity index (χ1v) is 5.95. The zero-order valence-electron chi connectivity index (χ0n) is 10.3. The maximum Gasteiger partial charge on any atom is 0.226 e. The first-order valence-electron chi connectivity index (χ1n) is 5.95. The number of rotatable bonds is 4. The number of aromatic nitrogens is 1. The monoisotopic (exact) mass is 230 g/mol. The highest BCUT2D eigenvalue weighted by Gasteiger charge is 2.06. The molecule has 1 aromatic carbocycles. The Morgan fingerprint density at radius 3 is 2.53 bits per heavy atom. The summed E-state index contributed by atoms with van der Waals surface area (Å²) >= 11 is 0. The lowest BCUT2D eigenvalue weighted by Crippen LogP contribution is -2.02. The summed E-state index contributed by atoms with van der Waals surface area (Å²) in [6.45, 7) is 4.96. The van der Waals surface area contributed by atoms with Gasteiger partial charge >= 0.3 is 0 Å². The van der Waals surface area contributed by atoms with Gasteiger partial charge in [-0.15, -0.1) is 0 Å². The van der Waals surface area contributed by atoms with E-state index in [0.717, 1.165) is 17.7 Å². The lowest BCUT2D eigenvalue weighted by molar-refractivity contribution is 0.572. The van der Waals surface area contributed by atoms with Crippen LogP contribution in [0, 0.1) is 0 Å². The molecule has 0 aliphatic carbocycles. The largest absolute Gasteiger partial charge is 0.444 e. The van der Waals surface area contributed by atoms with Crippen LogP contribution in [0.5, 0.6) is 0 Å². The molecule has 2 N–H and O–H groups in total. The highest BCUT2D eigenvalue weighted by atomic mass is 16.3. The van der Waals surface area contributed by atoms with Crippen molar-refractivity contribution < 1.29 is 4.42 Å². The lowest BCUT2D eigenvalue weighted by Gasteiger charge is -2.04. The summed E-state index contributed by atoms with van der Waals surface area (Å²) in [7, 11) is 0. The zero-order chi connectivity index (χ0) is 12.3. The minimum Gasteiger partial charge on any atom is -0.444 e.